The number of amides is 1. The van der Waals surface area contributed by atoms with E-state index in [1.54, 1.807) is 24.3 Å². The maximum absolute atomic E-state index is 13.7. The van der Waals surface area contributed by atoms with Gasteiger partial charge in [-0.2, -0.15) is 5.26 Å². The highest BCUT2D eigenvalue weighted by Gasteiger charge is 2.11. The first kappa shape index (κ1) is 17.0. The molecule has 2 N–H and O–H groups in total. The molecule has 3 rings (SSSR count). The molecule has 0 aliphatic heterocycles. The van der Waals surface area contributed by atoms with Crippen LogP contribution in [0.4, 0.5) is 25.8 Å². The van der Waals surface area contributed by atoms with Crippen molar-refractivity contribution in [1.29, 1.82) is 5.26 Å². The Bertz CT molecular complexity index is 1010. The Morgan fingerprint density at radius 1 is 1.04 bits per heavy atom. The molecule has 0 unspecified atom stereocenters. The number of halogens is 2. The number of nitrogens with zero attached hydrogens (tertiary/aromatic N) is 2. The third kappa shape index (κ3) is 3.82. The van der Waals surface area contributed by atoms with E-state index in [1.807, 2.05) is 6.07 Å². The molecule has 0 fully saturated rings. The molecular weight excluding hydrogens is 338 g/mol. The Hall–Kier alpha value is -3.79. The van der Waals surface area contributed by atoms with Crippen molar-refractivity contribution in [3.8, 4) is 6.07 Å². The molecule has 3 aromatic rings. The summed E-state index contributed by atoms with van der Waals surface area (Å²) in [6, 6.07) is 13.2. The molecule has 0 saturated heterocycles. The number of hydrogen-bond donors (Lipinski definition) is 2. The second kappa shape index (κ2) is 7.40. The number of aromatic nitrogens is 1. The largest absolute Gasteiger partial charge is 0.352 e. The predicted octanol–water partition coefficient (Wildman–Crippen LogP) is 4.23. The number of rotatable bonds is 4. The van der Waals surface area contributed by atoms with E-state index in [2.05, 4.69) is 15.6 Å². The minimum Gasteiger partial charge on any atom is -0.352 e. The summed E-state index contributed by atoms with van der Waals surface area (Å²) in [5, 5.41) is 14.4. The lowest BCUT2D eigenvalue weighted by molar-refractivity contribution is 0.102. The van der Waals surface area contributed by atoms with Crippen LogP contribution >= 0.6 is 0 Å². The summed E-state index contributed by atoms with van der Waals surface area (Å²) in [6.07, 6.45) is 2.75. The summed E-state index contributed by atoms with van der Waals surface area (Å²) in [5.74, 6) is -1.92. The van der Waals surface area contributed by atoms with Gasteiger partial charge in [-0.05, 0) is 30.3 Å². The molecule has 0 aliphatic carbocycles. The van der Waals surface area contributed by atoms with Gasteiger partial charge in [0.2, 0.25) is 0 Å². The zero-order chi connectivity index (χ0) is 18.5. The fourth-order valence-corrected chi connectivity index (χ4v) is 2.26. The number of carbonyl (C=O) groups excluding carboxylic acids is 1. The Kier molecular flexibility index (Phi) is 4.85. The molecular formula is C19H12F2N4O. The Morgan fingerprint density at radius 2 is 1.85 bits per heavy atom. The normalized spacial score (nSPS) is 10.0. The first-order valence-electron chi connectivity index (χ1n) is 7.54. The molecule has 0 atom stereocenters. The van der Waals surface area contributed by atoms with Gasteiger partial charge in [0.15, 0.2) is 0 Å². The van der Waals surface area contributed by atoms with Crippen LogP contribution in [-0.4, -0.2) is 10.9 Å². The molecule has 0 spiro atoms. The summed E-state index contributed by atoms with van der Waals surface area (Å²) < 4.78 is 26.7. The smallest absolute Gasteiger partial charge is 0.257 e. The molecule has 0 radical (unpaired) electrons. The molecule has 1 aromatic heterocycles. The van der Waals surface area contributed by atoms with Crippen molar-refractivity contribution in [3.05, 3.63) is 83.7 Å². The van der Waals surface area contributed by atoms with Crippen molar-refractivity contribution in [3.63, 3.8) is 0 Å². The van der Waals surface area contributed by atoms with Crippen LogP contribution in [0.3, 0.4) is 0 Å². The number of pyridine rings is 1. The lowest BCUT2D eigenvalue weighted by Gasteiger charge is -2.10. The molecule has 7 heteroatoms. The summed E-state index contributed by atoms with van der Waals surface area (Å²) in [4.78, 5) is 16.3. The van der Waals surface area contributed by atoms with Crippen LogP contribution < -0.4 is 10.6 Å². The van der Waals surface area contributed by atoms with Gasteiger partial charge in [0, 0.05) is 12.3 Å². The van der Waals surface area contributed by atoms with Crippen molar-refractivity contribution in [2.45, 2.75) is 0 Å². The van der Waals surface area contributed by atoms with Crippen LogP contribution in [0.15, 0.2) is 60.9 Å². The molecule has 5 nitrogen and oxygen atoms in total. The molecule has 2 aromatic carbocycles. The van der Waals surface area contributed by atoms with E-state index < -0.39 is 17.5 Å². The van der Waals surface area contributed by atoms with Crippen molar-refractivity contribution < 1.29 is 13.6 Å². The molecule has 0 saturated carbocycles. The van der Waals surface area contributed by atoms with Crippen molar-refractivity contribution in [1.82, 2.24) is 4.98 Å². The van der Waals surface area contributed by atoms with Gasteiger partial charge in [0.25, 0.3) is 5.91 Å². The van der Waals surface area contributed by atoms with Gasteiger partial charge in [-0.1, -0.05) is 12.1 Å². The third-order valence-electron chi connectivity index (χ3n) is 3.51. The van der Waals surface area contributed by atoms with Crippen molar-refractivity contribution in [2.75, 3.05) is 10.6 Å². The van der Waals surface area contributed by atoms with Gasteiger partial charge in [0.05, 0.1) is 34.4 Å². The van der Waals surface area contributed by atoms with E-state index in [1.165, 1.54) is 24.5 Å². The van der Waals surface area contributed by atoms with Gasteiger partial charge in [-0.15, -0.1) is 0 Å². The topological polar surface area (TPSA) is 77.8 Å². The first-order valence-corrected chi connectivity index (χ1v) is 7.54. The summed E-state index contributed by atoms with van der Waals surface area (Å²) in [6.45, 7) is 0. The van der Waals surface area contributed by atoms with Crippen molar-refractivity contribution in [2.24, 2.45) is 0 Å². The van der Waals surface area contributed by atoms with E-state index in [4.69, 9.17) is 5.26 Å². The summed E-state index contributed by atoms with van der Waals surface area (Å²) in [7, 11) is 0. The average molecular weight is 350 g/mol. The summed E-state index contributed by atoms with van der Waals surface area (Å²) >= 11 is 0. The number of para-hydroxylation sites is 1. The van der Waals surface area contributed by atoms with Crippen LogP contribution in [0.1, 0.15) is 15.9 Å². The molecule has 1 amide bonds. The quantitative estimate of drug-likeness (QED) is 0.738. The monoisotopic (exact) mass is 350 g/mol. The van der Waals surface area contributed by atoms with Gasteiger partial charge in [0.1, 0.15) is 17.7 Å². The van der Waals surface area contributed by atoms with Gasteiger partial charge >= 0.3 is 0 Å². The first-order chi connectivity index (χ1) is 12.6. The van der Waals surface area contributed by atoms with Crippen LogP contribution in [0, 0.1) is 23.0 Å². The highest BCUT2D eigenvalue weighted by molar-refractivity contribution is 6.05. The Balaban J connectivity index is 1.80. The Morgan fingerprint density at radius 3 is 2.62 bits per heavy atom. The van der Waals surface area contributed by atoms with Crippen LogP contribution in [0.2, 0.25) is 0 Å². The number of nitriles is 1. The zero-order valence-electron chi connectivity index (χ0n) is 13.3. The van der Waals surface area contributed by atoms with Crippen LogP contribution in [0.25, 0.3) is 0 Å². The number of hydrogen-bond acceptors (Lipinski definition) is 4. The average Bonchev–Trinajstić information content (AvgIpc) is 2.65. The van der Waals surface area contributed by atoms with Crippen LogP contribution in [0.5, 0.6) is 0 Å². The maximum atomic E-state index is 13.7. The van der Waals surface area contributed by atoms with E-state index in [9.17, 15) is 13.6 Å². The van der Waals surface area contributed by atoms with E-state index in [-0.39, 0.29) is 11.3 Å². The molecule has 128 valence electrons. The number of anilines is 3. The molecule has 0 aliphatic rings. The molecule has 0 bridgehead atoms. The van der Waals surface area contributed by atoms with Gasteiger partial charge < -0.3 is 10.6 Å². The minimum absolute atomic E-state index is 0.0561. The second-order valence-electron chi connectivity index (χ2n) is 5.32. The highest BCUT2D eigenvalue weighted by atomic mass is 19.1. The number of nitrogens with one attached hydrogen (secondary N) is 2. The second-order valence-corrected chi connectivity index (χ2v) is 5.32. The standard InChI is InChI=1S/C19H12F2N4O/c20-14-5-6-18(16(21)8-14)24-15-7-13(10-23-11-15)19(26)25-17-4-2-1-3-12(17)9-22/h1-8,10-11,24H,(H,25,26). The number of benzene rings is 2. The van der Waals surface area contributed by atoms with E-state index in [0.29, 0.717) is 16.9 Å². The third-order valence-corrected chi connectivity index (χ3v) is 3.51. The van der Waals surface area contributed by atoms with Gasteiger partial charge in [-0.25, -0.2) is 8.78 Å². The molecule has 26 heavy (non-hydrogen) atoms. The van der Waals surface area contributed by atoms with E-state index in [0.717, 1.165) is 12.1 Å². The SMILES string of the molecule is N#Cc1ccccc1NC(=O)c1cncc(Nc2ccc(F)cc2F)c1. The van der Waals surface area contributed by atoms with E-state index >= 15 is 0 Å². The highest BCUT2D eigenvalue weighted by Crippen LogP contribution is 2.21. The van der Waals surface area contributed by atoms with Gasteiger partial charge in [-0.3, -0.25) is 9.78 Å². The minimum atomic E-state index is -0.761. The van der Waals surface area contributed by atoms with Crippen LogP contribution in [-0.2, 0) is 0 Å². The lowest BCUT2D eigenvalue weighted by Crippen LogP contribution is -2.13. The number of carbonyl (C=O) groups is 1. The predicted molar refractivity (Wildman–Crippen MR) is 93.0 cm³/mol. The lowest BCUT2D eigenvalue weighted by atomic mass is 10.2. The Labute approximate surface area is 147 Å². The van der Waals surface area contributed by atoms with Crippen molar-refractivity contribution >= 4 is 23.0 Å². The fraction of sp³-hybridized carbons (Fsp3) is 0. The summed E-state index contributed by atoms with van der Waals surface area (Å²) in [5.41, 5.74) is 1.34. The molecule has 1 heterocycles. The maximum Gasteiger partial charge on any atom is 0.257 e. The zero-order valence-corrected chi connectivity index (χ0v) is 13.3. The fourth-order valence-electron chi connectivity index (χ4n) is 2.26.